The quantitative estimate of drug-likeness (QED) is 0.595. The normalized spacial score (nSPS) is 12.3. The Kier molecular flexibility index (Phi) is 2.38. The highest BCUT2D eigenvalue weighted by molar-refractivity contribution is 7.17. The van der Waals surface area contributed by atoms with Gasteiger partial charge in [-0.2, -0.15) is 0 Å². The molecule has 0 N–H and O–H groups in total. The van der Waals surface area contributed by atoms with Crippen molar-refractivity contribution in [2.75, 3.05) is 0 Å². The van der Waals surface area contributed by atoms with Crippen molar-refractivity contribution in [1.82, 2.24) is 0 Å². The second kappa shape index (κ2) is 3.34. The maximum absolute atomic E-state index is 2.35. The van der Waals surface area contributed by atoms with Crippen LogP contribution in [0.3, 0.4) is 0 Å². The van der Waals surface area contributed by atoms with Gasteiger partial charge in [0.15, 0.2) is 0 Å². The lowest BCUT2D eigenvalue weighted by atomic mass is 9.83. The van der Waals surface area contributed by atoms with E-state index in [1.165, 1.54) is 26.8 Å². The molecule has 0 spiro atoms. The number of hydrogen-bond acceptors (Lipinski definition) is 1. The molecule has 0 radical (unpaired) electrons. The molecule has 0 fully saturated rings. The highest BCUT2D eigenvalue weighted by Crippen LogP contribution is 2.36. The lowest BCUT2D eigenvalue weighted by molar-refractivity contribution is 0.595. The molecule has 0 bridgehead atoms. The van der Waals surface area contributed by atoms with E-state index in [-0.39, 0.29) is 5.41 Å². The van der Waals surface area contributed by atoms with Gasteiger partial charge in [0.2, 0.25) is 0 Å². The van der Waals surface area contributed by atoms with Crippen LogP contribution in [0.4, 0.5) is 0 Å². The smallest absolute Gasteiger partial charge is 0.0377 e. The van der Waals surface area contributed by atoms with Crippen LogP contribution in [0.1, 0.15) is 37.5 Å². The van der Waals surface area contributed by atoms with Crippen molar-refractivity contribution in [3.8, 4) is 0 Å². The number of rotatable bonds is 0. The van der Waals surface area contributed by atoms with Gasteiger partial charge in [0, 0.05) is 4.70 Å². The summed E-state index contributed by atoms with van der Waals surface area (Å²) in [6.07, 6.45) is 0. The van der Waals surface area contributed by atoms with Gasteiger partial charge < -0.3 is 0 Å². The van der Waals surface area contributed by atoms with Crippen molar-refractivity contribution < 1.29 is 0 Å². The first-order valence-electron chi connectivity index (χ1n) is 5.39. The Hall–Kier alpha value is -0.820. The summed E-state index contributed by atoms with van der Waals surface area (Å²) in [6, 6.07) is 4.61. The van der Waals surface area contributed by atoms with Crippen molar-refractivity contribution >= 4 is 21.4 Å². The first-order valence-corrected chi connectivity index (χ1v) is 6.27. The summed E-state index contributed by atoms with van der Waals surface area (Å²) in [5, 5.41) is 3.64. The van der Waals surface area contributed by atoms with Gasteiger partial charge in [0.05, 0.1) is 0 Å². The third kappa shape index (κ3) is 1.69. The van der Waals surface area contributed by atoms with Gasteiger partial charge in [-0.25, -0.2) is 0 Å². The topological polar surface area (TPSA) is 0 Å². The zero-order valence-electron chi connectivity index (χ0n) is 10.1. The van der Waals surface area contributed by atoms with Crippen molar-refractivity contribution in [2.45, 2.75) is 40.0 Å². The molecule has 80 valence electrons. The molecule has 0 aliphatic carbocycles. The van der Waals surface area contributed by atoms with Crippen molar-refractivity contribution in [2.24, 2.45) is 0 Å². The lowest BCUT2D eigenvalue weighted by Crippen LogP contribution is -2.12. The number of benzene rings is 1. The average Bonchev–Trinajstić information content (AvgIpc) is 2.57. The van der Waals surface area contributed by atoms with Crippen LogP contribution >= 0.6 is 11.3 Å². The van der Waals surface area contributed by atoms with Gasteiger partial charge in [0.25, 0.3) is 0 Å². The van der Waals surface area contributed by atoms with Crippen LogP contribution < -0.4 is 0 Å². The standard InChI is InChI=1S/C14H18S/c1-9-8-12(14(3,4)5)11-6-7-15-13(11)10(9)2/h6-8H,1-5H3. The predicted molar refractivity (Wildman–Crippen MR) is 70.0 cm³/mol. The van der Waals surface area contributed by atoms with E-state index >= 15 is 0 Å². The molecule has 0 aliphatic heterocycles. The molecule has 0 saturated heterocycles. The summed E-state index contributed by atoms with van der Waals surface area (Å²) in [5.74, 6) is 0. The summed E-state index contributed by atoms with van der Waals surface area (Å²) in [4.78, 5) is 0. The molecule has 0 amide bonds. The molecule has 2 aromatic rings. The summed E-state index contributed by atoms with van der Waals surface area (Å²) < 4.78 is 1.46. The Balaban J connectivity index is 2.86. The Labute approximate surface area is 95.9 Å². The summed E-state index contributed by atoms with van der Waals surface area (Å²) >= 11 is 1.86. The number of aryl methyl sites for hydroxylation is 2. The lowest BCUT2D eigenvalue weighted by Gasteiger charge is -2.22. The zero-order chi connectivity index (χ0) is 11.2. The second-order valence-corrected chi connectivity index (χ2v) is 6.20. The molecule has 0 atom stereocenters. The molecule has 1 aromatic heterocycles. The summed E-state index contributed by atoms with van der Waals surface area (Å²) in [7, 11) is 0. The average molecular weight is 218 g/mol. The van der Waals surface area contributed by atoms with Crippen LogP contribution in [0.15, 0.2) is 17.5 Å². The van der Waals surface area contributed by atoms with Crippen molar-refractivity contribution in [1.29, 1.82) is 0 Å². The number of fused-ring (bicyclic) bond motifs is 1. The minimum absolute atomic E-state index is 0.234. The summed E-state index contributed by atoms with van der Waals surface area (Å²) in [6.45, 7) is 11.3. The molecule has 0 nitrogen and oxygen atoms in total. The van der Waals surface area contributed by atoms with E-state index in [1.54, 1.807) is 0 Å². The molecule has 0 aliphatic rings. The van der Waals surface area contributed by atoms with Gasteiger partial charge in [0.1, 0.15) is 0 Å². The minimum Gasteiger partial charge on any atom is -0.144 e. The third-order valence-corrected chi connectivity index (χ3v) is 4.09. The Morgan fingerprint density at radius 1 is 1.13 bits per heavy atom. The monoisotopic (exact) mass is 218 g/mol. The molecule has 1 aromatic carbocycles. The highest BCUT2D eigenvalue weighted by Gasteiger charge is 2.18. The van der Waals surface area contributed by atoms with E-state index in [9.17, 15) is 0 Å². The van der Waals surface area contributed by atoms with Crippen LogP contribution in [0, 0.1) is 13.8 Å². The van der Waals surface area contributed by atoms with E-state index in [2.05, 4.69) is 52.1 Å². The Morgan fingerprint density at radius 3 is 2.40 bits per heavy atom. The number of thiophene rings is 1. The Bertz CT molecular complexity index is 498. The van der Waals surface area contributed by atoms with Crippen molar-refractivity contribution in [3.63, 3.8) is 0 Å². The fourth-order valence-corrected chi connectivity index (χ4v) is 3.00. The van der Waals surface area contributed by atoms with Gasteiger partial charge in [-0.15, -0.1) is 11.3 Å². The molecule has 15 heavy (non-hydrogen) atoms. The van der Waals surface area contributed by atoms with E-state index in [1.807, 2.05) is 11.3 Å². The van der Waals surface area contributed by atoms with Gasteiger partial charge in [-0.05, 0) is 52.8 Å². The fraction of sp³-hybridized carbons (Fsp3) is 0.429. The van der Waals surface area contributed by atoms with E-state index in [0.29, 0.717) is 0 Å². The third-order valence-electron chi connectivity index (χ3n) is 3.06. The Morgan fingerprint density at radius 2 is 1.80 bits per heavy atom. The van der Waals surface area contributed by atoms with E-state index in [0.717, 1.165) is 0 Å². The van der Waals surface area contributed by atoms with E-state index < -0.39 is 0 Å². The molecule has 2 rings (SSSR count). The second-order valence-electron chi connectivity index (χ2n) is 5.28. The first kappa shape index (κ1) is 10.7. The van der Waals surface area contributed by atoms with Crippen LogP contribution in [0.5, 0.6) is 0 Å². The van der Waals surface area contributed by atoms with Gasteiger partial charge in [-0.3, -0.25) is 0 Å². The van der Waals surface area contributed by atoms with Crippen LogP contribution in [0.25, 0.3) is 10.1 Å². The van der Waals surface area contributed by atoms with Gasteiger partial charge in [-0.1, -0.05) is 26.8 Å². The van der Waals surface area contributed by atoms with Crippen LogP contribution in [-0.4, -0.2) is 0 Å². The van der Waals surface area contributed by atoms with E-state index in [4.69, 9.17) is 0 Å². The molecular weight excluding hydrogens is 200 g/mol. The largest absolute Gasteiger partial charge is 0.144 e. The highest BCUT2D eigenvalue weighted by atomic mass is 32.1. The van der Waals surface area contributed by atoms with Crippen LogP contribution in [0.2, 0.25) is 0 Å². The minimum atomic E-state index is 0.234. The maximum atomic E-state index is 2.35. The predicted octanol–water partition coefficient (Wildman–Crippen LogP) is 4.82. The molecule has 1 heteroatoms. The number of hydrogen-bond donors (Lipinski definition) is 0. The molecular formula is C14H18S. The zero-order valence-corrected chi connectivity index (χ0v) is 11.0. The van der Waals surface area contributed by atoms with Crippen molar-refractivity contribution in [3.05, 3.63) is 34.2 Å². The summed E-state index contributed by atoms with van der Waals surface area (Å²) in [5.41, 5.74) is 4.56. The SMILES string of the molecule is Cc1cc(C(C)(C)C)c2ccsc2c1C. The maximum Gasteiger partial charge on any atom is 0.0377 e. The molecule has 1 heterocycles. The molecule has 0 saturated carbocycles. The van der Waals surface area contributed by atoms with Gasteiger partial charge >= 0.3 is 0 Å². The molecule has 0 unspecified atom stereocenters. The van der Waals surface area contributed by atoms with Crippen LogP contribution in [-0.2, 0) is 5.41 Å². The fourth-order valence-electron chi connectivity index (χ4n) is 2.01. The first-order chi connectivity index (χ1) is 6.91.